The number of pyridine rings is 2. The summed E-state index contributed by atoms with van der Waals surface area (Å²) >= 11 is 6.36. The van der Waals surface area contributed by atoms with Gasteiger partial charge in [-0.15, -0.1) is 10.2 Å². The Kier molecular flexibility index (Phi) is 6.29. The van der Waals surface area contributed by atoms with Crippen molar-refractivity contribution in [1.82, 2.24) is 29.5 Å². The van der Waals surface area contributed by atoms with Crippen LogP contribution in [-0.4, -0.2) is 48.7 Å². The summed E-state index contributed by atoms with van der Waals surface area (Å²) in [6.07, 6.45) is 5.38. The first-order valence-electron chi connectivity index (χ1n) is 11.2. The van der Waals surface area contributed by atoms with Crippen LogP contribution >= 0.6 is 11.6 Å². The van der Waals surface area contributed by atoms with Gasteiger partial charge >= 0.3 is 0 Å². The minimum Gasteiger partial charge on any atom is -0.366 e. The standard InChI is InChI=1S/C23H22ClFN10/c1-14(25)22-33-32-20-10-17(6-9-35(20)22)30-23-28-13-18(24)21(31-23)29-16-4-7-34(8-5-16)19-3-2-15(11-26)12-27-19/h2-3,6,9-10,12-14,16H,4-5,7-8H2,1H3,(H2,28,29,30,31). The van der Waals surface area contributed by atoms with E-state index in [2.05, 4.69) is 46.8 Å². The second-order valence-corrected chi connectivity index (χ2v) is 8.66. The Morgan fingerprint density at radius 2 is 2.00 bits per heavy atom. The third-order valence-electron chi connectivity index (χ3n) is 5.83. The summed E-state index contributed by atoms with van der Waals surface area (Å²) in [7, 11) is 0. The van der Waals surface area contributed by atoms with Crippen LogP contribution in [-0.2, 0) is 0 Å². The molecule has 10 nitrogen and oxygen atoms in total. The fourth-order valence-corrected chi connectivity index (χ4v) is 4.15. The molecule has 2 N–H and O–H groups in total. The van der Waals surface area contributed by atoms with Gasteiger partial charge in [0.05, 0.1) is 11.8 Å². The number of piperidine rings is 1. The molecule has 0 spiro atoms. The molecule has 12 heteroatoms. The second kappa shape index (κ2) is 9.68. The van der Waals surface area contributed by atoms with Gasteiger partial charge in [-0.25, -0.2) is 14.4 Å². The average Bonchev–Trinajstić information content (AvgIpc) is 3.30. The Morgan fingerprint density at radius 1 is 1.17 bits per heavy atom. The van der Waals surface area contributed by atoms with E-state index < -0.39 is 6.17 Å². The third-order valence-corrected chi connectivity index (χ3v) is 6.11. The smallest absolute Gasteiger partial charge is 0.229 e. The van der Waals surface area contributed by atoms with E-state index in [0.29, 0.717) is 33.7 Å². The number of nitriles is 1. The molecule has 1 fully saturated rings. The van der Waals surface area contributed by atoms with Crippen LogP contribution in [0.1, 0.15) is 37.3 Å². The van der Waals surface area contributed by atoms with Crippen LogP contribution < -0.4 is 15.5 Å². The topological polar surface area (TPSA) is 120 Å². The molecular weight excluding hydrogens is 471 g/mol. The lowest BCUT2D eigenvalue weighted by molar-refractivity contribution is 0.354. The molecule has 5 rings (SSSR count). The zero-order valence-corrected chi connectivity index (χ0v) is 19.6. The first-order valence-corrected chi connectivity index (χ1v) is 11.5. The number of alkyl halides is 1. The Hall–Kier alpha value is -4.04. The maximum Gasteiger partial charge on any atom is 0.229 e. The number of aromatic nitrogens is 6. The van der Waals surface area contributed by atoms with Crippen molar-refractivity contribution in [3.63, 3.8) is 0 Å². The monoisotopic (exact) mass is 492 g/mol. The normalized spacial score (nSPS) is 15.1. The summed E-state index contributed by atoms with van der Waals surface area (Å²) in [5, 5.41) is 23.9. The van der Waals surface area contributed by atoms with E-state index in [1.54, 1.807) is 41.2 Å². The maximum atomic E-state index is 13.7. The van der Waals surface area contributed by atoms with Gasteiger partial charge in [0.25, 0.3) is 0 Å². The number of halogens is 2. The van der Waals surface area contributed by atoms with Crippen LogP contribution in [0.15, 0.2) is 42.9 Å². The average molecular weight is 493 g/mol. The van der Waals surface area contributed by atoms with Crippen molar-refractivity contribution in [2.75, 3.05) is 28.6 Å². The fourth-order valence-electron chi connectivity index (χ4n) is 4.00. The molecule has 178 valence electrons. The van der Waals surface area contributed by atoms with E-state index in [1.165, 1.54) is 6.92 Å². The van der Waals surface area contributed by atoms with E-state index in [4.69, 9.17) is 16.9 Å². The van der Waals surface area contributed by atoms with Gasteiger partial charge in [-0.05, 0) is 38.0 Å². The molecule has 4 aromatic rings. The number of rotatable bonds is 6. The molecule has 0 amide bonds. The largest absolute Gasteiger partial charge is 0.366 e. The van der Waals surface area contributed by atoms with Gasteiger partial charge in [0.2, 0.25) is 5.95 Å². The highest BCUT2D eigenvalue weighted by Crippen LogP contribution is 2.26. The molecule has 35 heavy (non-hydrogen) atoms. The first-order chi connectivity index (χ1) is 17.0. The first kappa shape index (κ1) is 22.7. The van der Waals surface area contributed by atoms with Gasteiger partial charge < -0.3 is 15.5 Å². The summed E-state index contributed by atoms with van der Waals surface area (Å²) in [5.41, 5.74) is 1.76. The summed E-state index contributed by atoms with van der Waals surface area (Å²) in [6.45, 7) is 3.07. The molecule has 1 unspecified atom stereocenters. The van der Waals surface area contributed by atoms with Crippen LogP contribution in [0.4, 0.5) is 27.7 Å². The van der Waals surface area contributed by atoms with Gasteiger partial charge in [0.1, 0.15) is 16.9 Å². The second-order valence-electron chi connectivity index (χ2n) is 8.26. The van der Waals surface area contributed by atoms with Crippen molar-refractivity contribution in [2.45, 2.75) is 32.0 Å². The summed E-state index contributed by atoms with van der Waals surface area (Å²) < 4.78 is 15.3. The van der Waals surface area contributed by atoms with Gasteiger partial charge in [-0.2, -0.15) is 10.2 Å². The molecule has 1 atom stereocenters. The van der Waals surface area contributed by atoms with E-state index >= 15 is 0 Å². The molecular formula is C23H22ClFN10. The number of hydrogen-bond donors (Lipinski definition) is 2. The number of fused-ring (bicyclic) bond motifs is 1. The van der Waals surface area contributed by atoms with Crippen LogP contribution in [0.5, 0.6) is 0 Å². The predicted molar refractivity (Wildman–Crippen MR) is 131 cm³/mol. The van der Waals surface area contributed by atoms with Crippen molar-refractivity contribution < 1.29 is 4.39 Å². The Bertz CT molecular complexity index is 1370. The SMILES string of the molecule is CC(F)c1nnc2cc(Nc3ncc(Cl)c(NC4CCN(c5ccc(C#N)cn5)CC4)n3)ccn12. The van der Waals surface area contributed by atoms with Crippen LogP contribution in [0.25, 0.3) is 5.65 Å². The van der Waals surface area contributed by atoms with Crippen molar-refractivity contribution in [3.8, 4) is 6.07 Å². The zero-order chi connectivity index (χ0) is 24.4. The minimum atomic E-state index is -1.22. The number of nitrogens with one attached hydrogen (secondary N) is 2. The molecule has 1 saturated heterocycles. The molecule has 0 radical (unpaired) electrons. The summed E-state index contributed by atoms with van der Waals surface area (Å²) in [6, 6.07) is 9.46. The van der Waals surface area contributed by atoms with Crippen molar-refractivity contribution >= 4 is 40.5 Å². The fraction of sp³-hybridized carbons (Fsp3) is 0.304. The number of hydrogen-bond acceptors (Lipinski definition) is 9. The molecule has 0 aliphatic carbocycles. The minimum absolute atomic E-state index is 0.193. The lowest BCUT2D eigenvalue weighted by Gasteiger charge is -2.33. The highest BCUT2D eigenvalue weighted by atomic mass is 35.5. The molecule has 0 saturated carbocycles. The molecule has 5 heterocycles. The highest BCUT2D eigenvalue weighted by Gasteiger charge is 2.21. The van der Waals surface area contributed by atoms with E-state index in [-0.39, 0.29) is 11.9 Å². The van der Waals surface area contributed by atoms with Crippen molar-refractivity contribution in [3.05, 3.63) is 59.3 Å². The molecule has 0 aromatic carbocycles. The maximum absolute atomic E-state index is 13.7. The van der Waals surface area contributed by atoms with E-state index in [1.807, 2.05) is 6.07 Å². The predicted octanol–water partition coefficient (Wildman–Crippen LogP) is 4.29. The molecule has 1 aliphatic rings. The van der Waals surface area contributed by atoms with Gasteiger partial charge in [-0.3, -0.25) is 4.40 Å². The van der Waals surface area contributed by atoms with E-state index in [9.17, 15) is 4.39 Å². The van der Waals surface area contributed by atoms with Crippen molar-refractivity contribution in [2.24, 2.45) is 0 Å². The Labute approximate surface area is 205 Å². The van der Waals surface area contributed by atoms with Crippen LogP contribution in [0.3, 0.4) is 0 Å². The molecule has 0 bridgehead atoms. The quantitative estimate of drug-likeness (QED) is 0.406. The summed E-state index contributed by atoms with van der Waals surface area (Å²) in [5.74, 6) is 2.05. The van der Waals surface area contributed by atoms with Crippen LogP contribution in [0.2, 0.25) is 5.02 Å². The van der Waals surface area contributed by atoms with Gasteiger partial charge in [-0.1, -0.05) is 11.6 Å². The number of anilines is 4. The van der Waals surface area contributed by atoms with Crippen LogP contribution in [0, 0.1) is 11.3 Å². The van der Waals surface area contributed by atoms with Crippen molar-refractivity contribution in [1.29, 1.82) is 5.26 Å². The van der Waals surface area contributed by atoms with E-state index in [0.717, 1.165) is 31.7 Å². The highest BCUT2D eigenvalue weighted by molar-refractivity contribution is 6.32. The Morgan fingerprint density at radius 3 is 2.71 bits per heavy atom. The molecule has 1 aliphatic heterocycles. The van der Waals surface area contributed by atoms with Gasteiger partial charge in [0.15, 0.2) is 23.5 Å². The molecule has 4 aromatic heterocycles. The Balaban J connectivity index is 1.23. The lowest BCUT2D eigenvalue weighted by atomic mass is 10.0. The third kappa shape index (κ3) is 4.93. The van der Waals surface area contributed by atoms with Gasteiger partial charge in [0, 0.05) is 43.3 Å². The zero-order valence-electron chi connectivity index (χ0n) is 18.9. The summed E-state index contributed by atoms with van der Waals surface area (Å²) in [4.78, 5) is 15.4. The lowest BCUT2D eigenvalue weighted by Crippen LogP contribution is -2.39. The number of nitrogens with zero attached hydrogens (tertiary/aromatic N) is 8.